The predicted octanol–water partition coefficient (Wildman–Crippen LogP) is 3.50. The van der Waals surface area contributed by atoms with Gasteiger partial charge in [0.05, 0.1) is 0 Å². The van der Waals surface area contributed by atoms with Crippen molar-refractivity contribution in [2.24, 2.45) is 0 Å². The largest absolute Gasteiger partial charge is 0.490 e. The second-order valence-corrected chi connectivity index (χ2v) is 5.99. The van der Waals surface area contributed by atoms with Crippen molar-refractivity contribution in [3.8, 4) is 5.75 Å². The lowest BCUT2D eigenvalue weighted by atomic mass is 10.1. The van der Waals surface area contributed by atoms with Gasteiger partial charge < -0.3 is 15.4 Å². The molecule has 3 heterocycles. The van der Waals surface area contributed by atoms with Crippen molar-refractivity contribution >= 4 is 22.4 Å². The first-order chi connectivity index (χ1) is 11.9. The first-order valence-corrected chi connectivity index (χ1v) is 8.32. The quantitative estimate of drug-likeness (QED) is 0.770. The summed E-state index contributed by atoms with van der Waals surface area (Å²) in [6.07, 6.45) is 6.04. The van der Waals surface area contributed by atoms with Gasteiger partial charge in [-0.05, 0) is 67.7 Å². The molecule has 1 aliphatic rings. The lowest BCUT2D eigenvalue weighted by Gasteiger charge is -2.24. The zero-order valence-corrected chi connectivity index (χ0v) is 13.4. The van der Waals surface area contributed by atoms with Gasteiger partial charge in [0.2, 0.25) is 0 Å². The van der Waals surface area contributed by atoms with Crippen LogP contribution in [-0.4, -0.2) is 29.2 Å². The molecule has 0 aliphatic carbocycles. The monoisotopic (exact) mass is 320 g/mol. The second kappa shape index (κ2) is 6.84. The smallest absolute Gasteiger partial charge is 0.132 e. The van der Waals surface area contributed by atoms with Crippen LogP contribution in [0.5, 0.6) is 5.75 Å². The Labute approximate surface area is 141 Å². The summed E-state index contributed by atoms with van der Waals surface area (Å²) in [5.41, 5.74) is 0. The topological polar surface area (TPSA) is 59.1 Å². The summed E-state index contributed by atoms with van der Waals surface area (Å²) in [5.74, 6) is 2.48. The van der Waals surface area contributed by atoms with Crippen molar-refractivity contribution in [2.75, 3.05) is 18.4 Å². The number of nitrogens with one attached hydrogen (secondary N) is 2. The van der Waals surface area contributed by atoms with Gasteiger partial charge in [-0.3, -0.25) is 0 Å². The Morgan fingerprint density at radius 2 is 1.88 bits per heavy atom. The lowest BCUT2D eigenvalue weighted by molar-refractivity contribution is 0.162. The van der Waals surface area contributed by atoms with Crippen molar-refractivity contribution in [3.05, 3.63) is 54.9 Å². The van der Waals surface area contributed by atoms with Gasteiger partial charge in [-0.15, -0.1) is 0 Å². The minimum absolute atomic E-state index is 0.302. The third-order valence-corrected chi connectivity index (χ3v) is 4.20. The number of anilines is 2. The molecule has 0 unspecified atom stereocenters. The summed E-state index contributed by atoms with van der Waals surface area (Å²) in [5, 5.41) is 8.79. The molecule has 0 amide bonds. The summed E-state index contributed by atoms with van der Waals surface area (Å²) in [6.45, 7) is 2.06. The Balaban J connectivity index is 1.55. The Kier molecular flexibility index (Phi) is 4.25. The number of rotatable bonds is 4. The van der Waals surface area contributed by atoms with Crippen molar-refractivity contribution in [2.45, 2.75) is 18.9 Å². The van der Waals surface area contributed by atoms with Gasteiger partial charge in [-0.2, -0.15) is 0 Å². The van der Waals surface area contributed by atoms with Crippen LogP contribution in [0.3, 0.4) is 0 Å². The third kappa shape index (κ3) is 3.46. The van der Waals surface area contributed by atoms with Gasteiger partial charge >= 0.3 is 0 Å². The molecule has 1 aliphatic heterocycles. The van der Waals surface area contributed by atoms with E-state index in [-0.39, 0.29) is 0 Å². The summed E-state index contributed by atoms with van der Waals surface area (Å²) in [6, 6.07) is 14.0. The third-order valence-electron chi connectivity index (χ3n) is 4.20. The van der Waals surface area contributed by atoms with E-state index in [0.29, 0.717) is 6.10 Å². The normalized spacial score (nSPS) is 15.3. The summed E-state index contributed by atoms with van der Waals surface area (Å²) in [4.78, 5) is 8.71. The van der Waals surface area contributed by atoms with E-state index in [9.17, 15) is 0 Å². The number of piperidine rings is 1. The van der Waals surface area contributed by atoms with E-state index >= 15 is 0 Å². The van der Waals surface area contributed by atoms with E-state index in [1.54, 1.807) is 6.20 Å². The fourth-order valence-electron chi connectivity index (χ4n) is 2.93. The van der Waals surface area contributed by atoms with Crippen LogP contribution in [0.25, 0.3) is 10.8 Å². The van der Waals surface area contributed by atoms with E-state index in [2.05, 4.69) is 32.7 Å². The Bertz CT molecular complexity index is 816. The molecule has 122 valence electrons. The molecule has 1 aromatic carbocycles. The number of fused-ring (bicyclic) bond motifs is 1. The molecule has 2 aromatic heterocycles. The highest BCUT2D eigenvalue weighted by Crippen LogP contribution is 2.25. The van der Waals surface area contributed by atoms with Crippen molar-refractivity contribution < 1.29 is 4.74 Å². The molecule has 24 heavy (non-hydrogen) atoms. The Morgan fingerprint density at radius 3 is 2.71 bits per heavy atom. The Hall–Kier alpha value is -2.66. The van der Waals surface area contributed by atoms with Crippen LogP contribution in [-0.2, 0) is 0 Å². The molecule has 4 rings (SSSR count). The summed E-state index contributed by atoms with van der Waals surface area (Å²) >= 11 is 0. The average molecular weight is 320 g/mol. The number of pyridine rings is 2. The molecule has 2 N–H and O–H groups in total. The molecule has 3 aromatic rings. The van der Waals surface area contributed by atoms with Crippen LogP contribution in [0.2, 0.25) is 0 Å². The van der Waals surface area contributed by atoms with Crippen LogP contribution in [0.4, 0.5) is 11.6 Å². The molecular weight excluding hydrogens is 300 g/mol. The second-order valence-electron chi connectivity index (χ2n) is 5.99. The average Bonchev–Trinajstić information content (AvgIpc) is 2.63. The van der Waals surface area contributed by atoms with Gasteiger partial charge in [-0.25, -0.2) is 9.97 Å². The molecule has 0 radical (unpaired) electrons. The minimum atomic E-state index is 0.302. The number of ether oxygens (including phenoxy) is 1. The molecule has 0 bridgehead atoms. The molecule has 5 nitrogen and oxygen atoms in total. The van der Waals surface area contributed by atoms with Crippen molar-refractivity contribution in [1.82, 2.24) is 15.3 Å². The Morgan fingerprint density at radius 1 is 0.958 bits per heavy atom. The van der Waals surface area contributed by atoms with Gasteiger partial charge in [0.25, 0.3) is 0 Å². The van der Waals surface area contributed by atoms with Crippen LogP contribution in [0, 0.1) is 0 Å². The fraction of sp³-hybridized carbons (Fsp3) is 0.263. The number of aromatic nitrogens is 2. The van der Waals surface area contributed by atoms with Gasteiger partial charge in [0.15, 0.2) is 0 Å². The molecular formula is C19H20N4O. The summed E-state index contributed by atoms with van der Waals surface area (Å²) < 4.78 is 6.13. The van der Waals surface area contributed by atoms with E-state index in [4.69, 9.17) is 4.74 Å². The van der Waals surface area contributed by atoms with E-state index < -0.39 is 0 Å². The standard InChI is InChI=1S/C19H20N4O/c1-2-8-21-18(3-1)23-19-12-15-11-17(5-4-14(15)13-22-19)24-16-6-9-20-10-7-16/h1-5,8,11-13,16,20H,6-7,9-10H2,(H,21,22,23). The fourth-order valence-corrected chi connectivity index (χ4v) is 2.93. The molecule has 5 heteroatoms. The first-order valence-electron chi connectivity index (χ1n) is 8.32. The number of hydrogen-bond acceptors (Lipinski definition) is 5. The molecule has 0 spiro atoms. The van der Waals surface area contributed by atoms with Crippen molar-refractivity contribution in [3.63, 3.8) is 0 Å². The van der Waals surface area contributed by atoms with E-state index in [1.807, 2.05) is 36.5 Å². The minimum Gasteiger partial charge on any atom is -0.490 e. The highest BCUT2D eigenvalue weighted by Gasteiger charge is 2.14. The van der Waals surface area contributed by atoms with Crippen LogP contribution < -0.4 is 15.4 Å². The summed E-state index contributed by atoms with van der Waals surface area (Å²) in [7, 11) is 0. The van der Waals surface area contributed by atoms with E-state index in [0.717, 1.165) is 54.1 Å². The highest BCUT2D eigenvalue weighted by atomic mass is 16.5. The molecule has 1 fully saturated rings. The highest BCUT2D eigenvalue weighted by molar-refractivity contribution is 5.85. The van der Waals surface area contributed by atoms with Crippen LogP contribution >= 0.6 is 0 Å². The van der Waals surface area contributed by atoms with Gasteiger partial charge in [-0.1, -0.05) is 6.07 Å². The van der Waals surface area contributed by atoms with Crippen molar-refractivity contribution in [1.29, 1.82) is 0 Å². The maximum Gasteiger partial charge on any atom is 0.132 e. The molecule has 0 atom stereocenters. The molecule has 0 saturated carbocycles. The predicted molar refractivity (Wildman–Crippen MR) is 95.8 cm³/mol. The SMILES string of the molecule is c1ccc(Nc2cc3cc(OC4CCNCC4)ccc3cn2)nc1. The molecule has 1 saturated heterocycles. The zero-order chi connectivity index (χ0) is 16.2. The maximum atomic E-state index is 6.13. The number of nitrogens with zero attached hydrogens (tertiary/aromatic N) is 2. The first kappa shape index (κ1) is 14.9. The maximum absolute atomic E-state index is 6.13. The zero-order valence-electron chi connectivity index (χ0n) is 13.4. The number of hydrogen-bond donors (Lipinski definition) is 2. The van der Waals surface area contributed by atoms with Crippen LogP contribution in [0.1, 0.15) is 12.8 Å². The van der Waals surface area contributed by atoms with Crippen LogP contribution in [0.15, 0.2) is 54.9 Å². The van der Waals surface area contributed by atoms with E-state index in [1.165, 1.54) is 0 Å². The van der Waals surface area contributed by atoms with Gasteiger partial charge in [0, 0.05) is 17.8 Å². The number of benzene rings is 1. The van der Waals surface area contributed by atoms with Gasteiger partial charge in [0.1, 0.15) is 23.5 Å². The lowest BCUT2D eigenvalue weighted by Crippen LogP contribution is -2.34.